The molecule has 0 aliphatic rings. The lowest BCUT2D eigenvalue weighted by Crippen LogP contribution is -2.63. The Labute approximate surface area is 175 Å². The first-order chi connectivity index (χ1) is 13.8. The normalized spacial score (nSPS) is 13.0. The SMILES string of the molecule is [B]Cc1cc([B])cc([B])c1OC(=O)CC(=O)OC(CS(=O)(=O)O)(C(F)(F)F)C(F)(F)F. The van der Waals surface area contributed by atoms with Crippen molar-refractivity contribution in [1.82, 2.24) is 0 Å². The van der Waals surface area contributed by atoms with Crippen molar-refractivity contribution < 1.29 is 58.4 Å². The molecule has 164 valence electrons. The van der Waals surface area contributed by atoms with Crippen molar-refractivity contribution in [1.29, 1.82) is 0 Å². The van der Waals surface area contributed by atoms with Crippen LogP contribution in [0.15, 0.2) is 12.1 Å². The minimum absolute atomic E-state index is 0.0190. The largest absolute Gasteiger partial charge is 0.438 e. The molecule has 0 bridgehead atoms. The van der Waals surface area contributed by atoms with E-state index < -0.39 is 57.9 Å². The maximum absolute atomic E-state index is 13.1. The van der Waals surface area contributed by atoms with Gasteiger partial charge in [0.05, 0.1) is 7.85 Å². The highest BCUT2D eigenvalue weighted by atomic mass is 32.2. The van der Waals surface area contributed by atoms with E-state index in [4.69, 9.17) is 28.1 Å². The highest BCUT2D eigenvalue weighted by molar-refractivity contribution is 7.85. The van der Waals surface area contributed by atoms with Crippen molar-refractivity contribution in [2.45, 2.75) is 30.7 Å². The van der Waals surface area contributed by atoms with Gasteiger partial charge in [0, 0.05) is 0 Å². The van der Waals surface area contributed by atoms with Crippen molar-refractivity contribution in [2.24, 2.45) is 0 Å². The van der Waals surface area contributed by atoms with Gasteiger partial charge in [-0.25, -0.2) is 0 Å². The number of ether oxygens (including phenoxy) is 2. The zero-order valence-corrected chi connectivity index (χ0v) is 15.9. The van der Waals surface area contributed by atoms with E-state index in [1.807, 2.05) is 0 Å². The Hall–Kier alpha value is -2.16. The molecule has 17 heteroatoms. The fourth-order valence-electron chi connectivity index (χ4n) is 2.24. The summed E-state index contributed by atoms with van der Waals surface area (Å²) in [6, 6.07) is 2.28. The Morgan fingerprint density at radius 3 is 1.94 bits per heavy atom. The number of hydrogen-bond acceptors (Lipinski definition) is 6. The molecule has 0 aromatic heterocycles. The third-order valence-electron chi connectivity index (χ3n) is 3.53. The fourth-order valence-corrected chi connectivity index (χ4v) is 3.14. The molecule has 0 heterocycles. The van der Waals surface area contributed by atoms with Gasteiger partial charge < -0.3 is 9.47 Å². The van der Waals surface area contributed by atoms with Crippen LogP contribution in [0.3, 0.4) is 0 Å². The summed E-state index contributed by atoms with van der Waals surface area (Å²) >= 11 is 0. The Morgan fingerprint density at radius 2 is 1.52 bits per heavy atom. The van der Waals surface area contributed by atoms with E-state index in [0.29, 0.717) is 0 Å². The number of alkyl halides is 6. The van der Waals surface area contributed by atoms with Crippen LogP contribution in [0.1, 0.15) is 12.0 Å². The van der Waals surface area contributed by atoms with Crippen molar-refractivity contribution >= 4 is 56.5 Å². The minimum Gasteiger partial charge on any atom is -0.438 e. The van der Waals surface area contributed by atoms with Crippen molar-refractivity contribution in [2.75, 3.05) is 5.75 Å². The second kappa shape index (κ2) is 9.14. The molecule has 1 N–H and O–H groups in total. The molecule has 6 radical (unpaired) electrons. The molecule has 0 fully saturated rings. The molecule has 0 amide bonds. The van der Waals surface area contributed by atoms with Gasteiger partial charge in [0.2, 0.25) is 0 Å². The third-order valence-corrected chi connectivity index (χ3v) is 4.30. The fraction of sp³-hybridized carbons (Fsp3) is 0.429. The molecule has 1 aromatic carbocycles. The molecule has 0 saturated carbocycles. The number of halogens is 6. The van der Waals surface area contributed by atoms with E-state index in [9.17, 15) is 44.3 Å². The Bertz CT molecular complexity index is 948. The summed E-state index contributed by atoms with van der Waals surface area (Å²) in [5.74, 6) is -7.70. The van der Waals surface area contributed by atoms with Gasteiger partial charge in [-0.2, -0.15) is 34.8 Å². The Balaban J connectivity index is 3.18. The monoisotopic (exact) mass is 468 g/mol. The number of carbonyl (C=O) groups excluding carboxylic acids is 2. The number of rotatable bonds is 7. The zero-order valence-electron chi connectivity index (χ0n) is 15.1. The van der Waals surface area contributed by atoms with Crippen LogP contribution in [0.4, 0.5) is 26.3 Å². The van der Waals surface area contributed by atoms with Gasteiger partial charge in [0.15, 0.2) is 0 Å². The number of carbonyl (C=O) groups is 2. The topological polar surface area (TPSA) is 107 Å². The molecule has 0 atom stereocenters. The molecular formula is C14H9B3F6O7S. The lowest BCUT2D eigenvalue weighted by atomic mass is 9.81. The summed E-state index contributed by atoms with van der Waals surface area (Å²) in [5.41, 5.74) is -5.82. The van der Waals surface area contributed by atoms with E-state index in [2.05, 4.69) is 9.47 Å². The molecule has 0 aliphatic heterocycles. The first kappa shape index (κ1) is 26.9. The van der Waals surface area contributed by atoms with Gasteiger partial charge in [0.25, 0.3) is 10.1 Å². The van der Waals surface area contributed by atoms with Crippen LogP contribution in [-0.2, 0) is 30.8 Å². The van der Waals surface area contributed by atoms with Gasteiger partial charge in [-0.15, -0.1) is 0 Å². The van der Waals surface area contributed by atoms with Gasteiger partial charge in [-0.3, -0.25) is 14.1 Å². The Morgan fingerprint density at radius 1 is 1.00 bits per heavy atom. The number of benzene rings is 1. The highest BCUT2D eigenvalue weighted by Crippen LogP contribution is 2.47. The van der Waals surface area contributed by atoms with Crippen LogP contribution in [-0.4, -0.2) is 72.2 Å². The highest BCUT2D eigenvalue weighted by Gasteiger charge is 2.75. The molecule has 1 rings (SSSR count). The molecule has 0 unspecified atom stereocenters. The summed E-state index contributed by atoms with van der Waals surface area (Å²) in [7, 11) is 10.4. The zero-order chi connectivity index (χ0) is 24.4. The average molecular weight is 468 g/mol. The molecule has 7 nitrogen and oxygen atoms in total. The first-order valence-corrected chi connectivity index (χ1v) is 9.33. The van der Waals surface area contributed by atoms with Crippen LogP contribution in [0.25, 0.3) is 0 Å². The second-order valence-electron chi connectivity index (χ2n) is 5.98. The lowest BCUT2D eigenvalue weighted by molar-refractivity contribution is -0.361. The second-order valence-corrected chi connectivity index (χ2v) is 7.43. The van der Waals surface area contributed by atoms with E-state index in [-0.39, 0.29) is 22.8 Å². The lowest BCUT2D eigenvalue weighted by Gasteiger charge is -2.35. The maximum atomic E-state index is 13.1. The van der Waals surface area contributed by atoms with Crippen LogP contribution in [0.5, 0.6) is 5.75 Å². The molecule has 0 saturated heterocycles. The quantitative estimate of drug-likeness (QED) is 0.144. The third kappa shape index (κ3) is 6.66. The summed E-state index contributed by atoms with van der Waals surface area (Å²) in [5, 5.41) is 0. The summed E-state index contributed by atoms with van der Waals surface area (Å²) in [6.07, 6.45) is -15.2. The standard InChI is InChI=1S/C14H9B3F6O7S/c15-4-6-1-7(16)2-8(17)11(6)29-9(24)3-10(25)30-12(13(18,19)20,14(21,22)23)5-31(26,27)28/h1-2H,3-5H2,(H,26,27,28). The Kier molecular flexibility index (Phi) is 7.93. The first-order valence-electron chi connectivity index (χ1n) is 7.72. The van der Waals surface area contributed by atoms with Crippen molar-refractivity contribution in [3.8, 4) is 5.75 Å². The van der Waals surface area contributed by atoms with E-state index in [1.54, 1.807) is 0 Å². The van der Waals surface area contributed by atoms with E-state index in [1.165, 1.54) is 6.07 Å². The molecule has 1 aromatic rings. The van der Waals surface area contributed by atoms with Crippen LogP contribution >= 0.6 is 0 Å². The van der Waals surface area contributed by atoms with Crippen LogP contribution in [0.2, 0.25) is 0 Å². The predicted molar refractivity (Wildman–Crippen MR) is 94.3 cm³/mol. The summed E-state index contributed by atoms with van der Waals surface area (Å²) in [4.78, 5) is 23.5. The van der Waals surface area contributed by atoms with Crippen LogP contribution in [0, 0.1) is 0 Å². The van der Waals surface area contributed by atoms with Gasteiger partial charge in [-0.05, 0) is 5.56 Å². The van der Waals surface area contributed by atoms with Gasteiger partial charge >= 0.3 is 29.9 Å². The number of esters is 2. The maximum Gasteiger partial charge on any atom is 0.438 e. The summed E-state index contributed by atoms with van der Waals surface area (Å²) < 4.78 is 117. The van der Waals surface area contributed by atoms with Crippen molar-refractivity contribution in [3.05, 3.63) is 17.7 Å². The molecule has 0 spiro atoms. The van der Waals surface area contributed by atoms with E-state index in [0.717, 1.165) is 6.07 Å². The molecule has 31 heavy (non-hydrogen) atoms. The number of hydrogen-bond donors (Lipinski definition) is 1. The van der Waals surface area contributed by atoms with Crippen LogP contribution < -0.4 is 15.7 Å². The molecular weight excluding hydrogens is 459 g/mol. The summed E-state index contributed by atoms with van der Waals surface area (Å²) in [6.45, 7) is 0. The van der Waals surface area contributed by atoms with Gasteiger partial charge in [-0.1, -0.05) is 29.4 Å². The predicted octanol–water partition coefficient (Wildman–Crippen LogP) is -0.467. The minimum atomic E-state index is -6.53. The average Bonchev–Trinajstić information content (AvgIpc) is 2.52. The molecule has 0 aliphatic carbocycles. The smallest absolute Gasteiger partial charge is 0.438 e. The van der Waals surface area contributed by atoms with Crippen molar-refractivity contribution in [3.63, 3.8) is 0 Å². The van der Waals surface area contributed by atoms with Gasteiger partial charge in [0.1, 0.15) is 33.6 Å². The van der Waals surface area contributed by atoms with E-state index >= 15 is 0 Å².